The van der Waals surface area contributed by atoms with Gasteiger partial charge in [-0.05, 0) is 12.0 Å². The zero-order valence-electron chi connectivity index (χ0n) is 12.1. The Balaban J connectivity index is 1.97. The average molecular weight is 289 g/mol. The van der Waals surface area contributed by atoms with E-state index in [-0.39, 0.29) is 11.6 Å². The number of H-pyrrole nitrogens is 1. The fourth-order valence-electron chi connectivity index (χ4n) is 1.90. The van der Waals surface area contributed by atoms with Crippen LogP contribution in [0, 0.1) is 0 Å². The molecule has 7 heteroatoms. The van der Waals surface area contributed by atoms with Gasteiger partial charge in [-0.1, -0.05) is 19.4 Å². The first-order valence-electron chi connectivity index (χ1n) is 6.75. The molecule has 0 aliphatic carbocycles. The van der Waals surface area contributed by atoms with Gasteiger partial charge in [0.1, 0.15) is 0 Å². The van der Waals surface area contributed by atoms with Gasteiger partial charge in [0.05, 0.1) is 18.5 Å². The molecule has 0 radical (unpaired) electrons. The fourth-order valence-corrected chi connectivity index (χ4v) is 1.90. The summed E-state index contributed by atoms with van der Waals surface area (Å²) in [6.45, 7) is 2.39. The number of nitrogen functional groups attached to an aromatic ring is 1. The van der Waals surface area contributed by atoms with Crippen LogP contribution in [0.1, 0.15) is 35.1 Å². The third kappa shape index (κ3) is 3.50. The third-order valence-corrected chi connectivity index (χ3v) is 3.06. The lowest BCUT2D eigenvalue weighted by Gasteiger charge is -2.05. The van der Waals surface area contributed by atoms with E-state index in [9.17, 15) is 4.79 Å². The molecule has 2 aromatic heterocycles. The Morgan fingerprint density at radius 2 is 2.29 bits per heavy atom. The highest BCUT2D eigenvalue weighted by Gasteiger charge is 2.16. The van der Waals surface area contributed by atoms with Crippen molar-refractivity contribution in [3.8, 4) is 5.88 Å². The summed E-state index contributed by atoms with van der Waals surface area (Å²) in [6.07, 6.45) is 3.36. The normalized spacial score (nSPS) is 10.4. The second-order valence-electron chi connectivity index (χ2n) is 4.61. The molecule has 112 valence electrons. The predicted octanol–water partition coefficient (Wildman–Crippen LogP) is 1.28. The molecule has 0 saturated carbocycles. The molecule has 7 nitrogen and oxygen atoms in total. The number of anilines is 1. The van der Waals surface area contributed by atoms with Crippen molar-refractivity contribution in [3.63, 3.8) is 0 Å². The molecule has 0 aromatic carbocycles. The maximum absolute atomic E-state index is 12.1. The number of ether oxygens (including phenoxy) is 1. The van der Waals surface area contributed by atoms with Gasteiger partial charge in [-0.25, -0.2) is 4.98 Å². The lowest BCUT2D eigenvalue weighted by Crippen LogP contribution is -2.24. The topological polar surface area (TPSA) is 106 Å². The number of nitrogens with zero attached hydrogens (tertiary/aromatic N) is 2. The van der Waals surface area contributed by atoms with E-state index in [4.69, 9.17) is 10.5 Å². The maximum Gasteiger partial charge on any atom is 0.274 e. The van der Waals surface area contributed by atoms with Crippen LogP contribution in [0.2, 0.25) is 0 Å². The van der Waals surface area contributed by atoms with E-state index in [1.807, 2.05) is 13.0 Å². The van der Waals surface area contributed by atoms with Crippen molar-refractivity contribution in [1.29, 1.82) is 0 Å². The molecular formula is C14H19N5O2. The molecule has 0 fully saturated rings. The van der Waals surface area contributed by atoms with E-state index in [1.54, 1.807) is 19.4 Å². The third-order valence-electron chi connectivity index (χ3n) is 3.06. The Bertz CT molecular complexity index is 606. The highest BCUT2D eigenvalue weighted by molar-refractivity contribution is 5.97. The number of hydrogen-bond acceptors (Lipinski definition) is 5. The molecular weight excluding hydrogens is 270 g/mol. The number of nitrogens with two attached hydrogens (primary N) is 1. The molecule has 0 unspecified atom stereocenters. The van der Waals surface area contributed by atoms with Crippen LogP contribution in [-0.2, 0) is 13.0 Å². The zero-order chi connectivity index (χ0) is 15.2. The monoisotopic (exact) mass is 289 g/mol. The summed E-state index contributed by atoms with van der Waals surface area (Å²) in [5.74, 6) is 0.229. The lowest BCUT2D eigenvalue weighted by atomic mass is 10.2. The van der Waals surface area contributed by atoms with Crippen LogP contribution >= 0.6 is 0 Å². The molecule has 21 heavy (non-hydrogen) atoms. The molecule has 2 rings (SSSR count). The molecule has 0 spiro atoms. The molecule has 0 bridgehead atoms. The summed E-state index contributed by atoms with van der Waals surface area (Å²) < 4.78 is 4.98. The largest absolute Gasteiger partial charge is 0.481 e. The van der Waals surface area contributed by atoms with Crippen LogP contribution in [0.25, 0.3) is 0 Å². The first-order chi connectivity index (χ1) is 10.2. The number of carbonyl (C=O) groups is 1. The first-order valence-corrected chi connectivity index (χ1v) is 6.75. The Hall–Kier alpha value is -2.57. The van der Waals surface area contributed by atoms with Gasteiger partial charge < -0.3 is 15.8 Å². The Morgan fingerprint density at radius 1 is 1.48 bits per heavy atom. The van der Waals surface area contributed by atoms with Crippen molar-refractivity contribution in [2.24, 2.45) is 0 Å². The van der Waals surface area contributed by atoms with Gasteiger partial charge in [-0.15, -0.1) is 0 Å². The van der Waals surface area contributed by atoms with Crippen LogP contribution in [0.3, 0.4) is 0 Å². The molecule has 2 aromatic rings. The average Bonchev–Trinajstić information content (AvgIpc) is 2.87. The highest BCUT2D eigenvalue weighted by atomic mass is 16.5. The summed E-state index contributed by atoms with van der Waals surface area (Å²) in [5, 5.41) is 9.55. The number of nitrogens with one attached hydrogen (secondary N) is 2. The first kappa shape index (κ1) is 14.8. The summed E-state index contributed by atoms with van der Waals surface area (Å²) >= 11 is 0. The smallest absolute Gasteiger partial charge is 0.274 e. The minimum atomic E-state index is -0.304. The van der Waals surface area contributed by atoms with Crippen LogP contribution < -0.4 is 15.8 Å². The molecule has 2 heterocycles. The van der Waals surface area contributed by atoms with Gasteiger partial charge >= 0.3 is 0 Å². The summed E-state index contributed by atoms with van der Waals surface area (Å²) in [5.41, 5.74) is 8.24. The maximum atomic E-state index is 12.1. The lowest BCUT2D eigenvalue weighted by molar-refractivity contribution is 0.0946. The van der Waals surface area contributed by atoms with Crippen molar-refractivity contribution < 1.29 is 9.53 Å². The standard InChI is InChI=1S/C14H19N5O2/c1-3-4-10-12(15)13(19-18-10)14(20)17-8-9-5-6-11(21-2)16-7-9/h5-7H,3-4,8,15H2,1-2H3,(H,17,20)(H,18,19). The van der Waals surface area contributed by atoms with Crippen molar-refractivity contribution in [1.82, 2.24) is 20.5 Å². The van der Waals surface area contributed by atoms with Crippen LogP contribution in [-0.4, -0.2) is 28.2 Å². The number of aromatic nitrogens is 3. The number of rotatable bonds is 6. The summed E-state index contributed by atoms with van der Waals surface area (Å²) in [6, 6.07) is 3.58. The van der Waals surface area contributed by atoms with Crippen LogP contribution in [0.5, 0.6) is 5.88 Å². The molecule has 0 aliphatic rings. The van der Waals surface area contributed by atoms with Gasteiger partial charge in [0.15, 0.2) is 5.69 Å². The number of amides is 1. The van der Waals surface area contributed by atoms with E-state index in [0.29, 0.717) is 18.1 Å². The number of aryl methyl sites for hydroxylation is 1. The Labute approximate surface area is 122 Å². The summed E-state index contributed by atoms with van der Waals surface area (Å²) in [4.78, 5) is 16.1. The van der Waals surface area contributed by atoms with Crippen molar-refractivity contribution >= 4 is 11.6 Å². The van der Waals surface area contributed by atoms with Gasteiger partial charge in [-0.3, -0.25) is 9.89 Å². The van der Waals surface area contributed by atoms with E-state index in [2.05, 4.69) is 20.5 Å². The highest BCUT2D eigenvalue weighted by Crippen LogP contribution is 2.15. The zero-order valence-corrected chi connectivity index (χ0v) is 12.1. The number of pyridine rings is 1. The minimum absolute atomic E-state index is 0.236. The van der Waals surface area contributed by atoms with Gasteiger partial charge in [0, 0.05) is 18.8 Å². The van der Waals surface area contributed by atoms with Gasteiger partial charge in [0.2, 0.25) is 5.88 Å². The minimum Gasteiger partial charge on any atom is -0.481 e. The predicted molar refractivity (Wildman–Crippen MR) is 79.0 cm³/mol. The molecule has 4 N–H and O–H groups in total. The van der Waals surface area contributed by atoms with Crippen LogP contribution in [0.4, 0.5) is 5.69 Å². The van der Waals surface area contributed by atoms with Crippen LogP contribution in [0.15, 0.2) is 18.3 Å². The van der Waals surface area contributed by atoms with Crippen molar-refractivity contribution in [2.75, 3.05) is 12.8 Å². The number of aromatic amines is 1. The second-order valence-corrected chi connectivity index (χ2v) is 4.61. The molecule has 1 amide bonds. The molecule has 0 atom stereocenters. The quantitative estimate of drug-likeness (QED) is 0.742. The SMILES string of the molecule is CCCc1[nH]nc(C(=O)NCc2ccc(OC)nc2)c1N. The number of carbonyl (C=O) groups excluding carboxylic acids is 1. The van der Waals surface area contributed by atoms with Gasteiger partial charge in [0.25, 0.3) is 5.91 Å². The Kier molecular flexibility index (Phi) is 4.76. The number of hydrogen-bond donors (Lipinski definition) is 3. The summed E-state index contributed by atoms with van der Waals surface area (Å²) in [7, 11) is 1.55. The van der Waals surface area contributed by atoms with Crippen molar-refractivity contribution in [2.45, 2.75) is 26.3 Å². The molecule has 0 saturated heterocycles. The van der Waals surface area contributed by atoms with E-state index in [0.717, 1.165) is 24.1 Å². The van der Waals surface area contributed by atoms with Crippen molar-refractivity contribution in [3.05, 3.63) is 35.3 Å². The van der Waals surface area contributed by atoms with E-state index >= 15 is 0 Å². The second kappa shape index (κ2) is 6.74. The Morgan fingerprint density at radius 3 is 2.90 bits per heavy atom. The fraction of sp³-hybridized carbons (Fsp3) is 0.357. The van der Waals surface area contributed by atoms with E-state index in [1.165, 1.54) is 0 Å². The molecule has 0 aliphatic heterocycles. The van der Waals surface area contributed by atoms with Gasteiger partial charge in [-0.2, -0.15) is 5.10 Å². The van der Waals surface area contributed by atoms with E-state index < -0.39 is 0 Å². The number of methoxy groups -OCH3 is 1.